The summed E-state index contributed by atoms with van der Waals surface area (Å²) in [6, 6.07) is 9.27. The number of rotatable bonds is 7. The van der Waals surface area contributed by atoms with Crippen molar-refractivity contribution < 1.29 is 14.6 Å². The third kappa shape index (κ3) is 4.80. The summed E-state index contributed by atoms with van der Waals surface area (Å²) in [6.45, 7) is 1.60. The molecule has 2 N–H and O–H groups in total. The second kappa shape index (κ2) is 10.6. The van der Waals surface area contributed by atoms with Crippen LogP contribution in [0.15, 0.2) is 35.4 Å². The first kappa shape index (κ1) is 24.7. The third-order valence-corrected chi connectivity index (χ3v) is 10.8. The van der Waals surface area contributed by atoms with Crippen LogP contribution in [0.2, 0.25) is 0 Å². The molecule has 5 aliphatic carbocycles. The topological polar surface area (TPSA) is 58.6 Å². The summed E-state index contributed by atoms with van der Waals surface area (Å²) in [5, 5.41) is 15.0. The van der Waals surface area contributed by atoms with Crippen LogP contribution in [-0.2, 0) is 11.3 Å². The zero-order chi connectivity index (χ0) is 24.5. The average molecular weight is 492 g/mol. The van der Waals surface area contributed by atoms with Crippen molar-refractivity contribution in [2.24, 2.45) is 23.2 Å². The molecule has 6 rings (SSSR count). The average Bonchev–Trinajstić information content (AvgIpc) is 3.24. The molecule has 196 valence electrons. The van der Waals surface area contributed by atoms with Crippen LogP contribution in [0.5, 0.6) is 5.75 Å². The van der Waals surface area contributed by atoms with Crippen molar-refractivity contribution >= 4 is 5.78 Å². The van der Waals surface area contributed by atoms with Gasteiger partial charge in [0.15, 0.2) is 0 Å². The number of hydrogen-bond acceptors (Lipinski definition) is 4. The van der Waals surface area contributed by atoms with Crippen LogP contribution in [0.1, 0.15) is 102 Å². The summed E-state index contributed by atoms with van der Waals surface area (Å²) in [7, 11) is 0. The molecule has 0 saturated heterocycles. The molecule has 0 radical (unpaired) electrons. The van der Waals surface area contributed by atoms with E-state index in [-0.39, 0.29) is 11.5 Å². The van der Waals surface area contributed by atoms with E-state index >= 15 is 0 Å². The SMILES string of the molecule is O=C1CCC2=C(CCC3C2CC[C@@]2(CCOc4cccc(CNC5CCCCC5)c4)C3CC[C@@H]2O)C1. The Morgan fingerprint density at radius 3 is 2.78 bits per heavy atom. The van der Waals surface area contributed by atoms with E-state index in [4.69, 9.17) is 4.74 Å². The number of benzene rings is 1. The maximum atomic E-state index is 12.0. The number of ketones is 1. The van der Waals surface area contributed by atoms with E-state index in [0.29, 0.717) is 36.2 Å². The molecule has 4 nitrogen and oxygen atoms in total. The summed E-state index contributed by atoms with van der Waals surface area (Å²) in [6.07, 6.45) is 16.7. The molecule has 1 aromatic carbocycles. The molecule has 0 aliphatic heterocycles. The minimum Gasteiger partial charge on any atom is -0.494 e. The largest absolute Gasteiger partial charge is 0.494 e. The van der Waals surface area contributed by atoms with Gasteiger partial charge in [-0.3, -0.25) is 4.79 Å². The molecule has 36 heavy (non-hydrogen) atoms. The normalized spacial score (nSPS) is 34.8. The first-order chi connectivity index (χ1) is 17.6. The number of allylic oxidation sites excluding steroid dienone is 2. The summed E-state index contributed by atoms with van der Waals surface area (Å²) >= 11 is 0. The molecule has 4 heteroatoms. The monoisotopic (exact) mass is 491 g/mol. The number of Topliss-reactive ketones (excluding diaryl/α,β-unsaturated/α-hetero) is 1. The fourth-order valence-corrected chi connectivity index (χ4v) is 8.98. The van der Waals surface area contributed by atoms with Crippen molar-refractivity contribution in [3.8, 4) is 5.75 Å². The highest BCUT2D eigenvalue weighted by Crippen LogP contribution is 2.62. The van der Waals surface area contributed by atoms with E-state index in [1.165, 1.54) is 56.1 Å². The number of fused-ring (bicyclic) bond motifs is 4. The van der Waals surface area contributed by atoms with Crippen molar-refractivity contribution in [1.82, 2.24) is 5.32 Å². The molecule has 0 spiro atoms. The predicted octanol–water partition coefficient (Wildman–Crippen LogP) is 6.50. The lowest BCUT2D eigenvalue weighted by atomic mass is 9.53. The minimum atomic E-state index is -0.193. The van der Waals surface area contributed by atoms with Gasteiger partial charge in [0.25, 0.3) is 0 Å². The van der Waals surface area contributed by atoms with Crippen molar-refractivity contribution in [1.29, 1.82) is 0 Å². The van der Waals surface area contributed by atoms with Crippen LogP contribution in [0.4, 0.5) is 0 Å². The smallest absolute Gasteiger partial charge is 0.137 e. The number of aliphatic hydroxyl groups excluding tert-OH is 1. The molecular formula is C32H45NO3. The Kier molecular flexibility index (Phi) is 7.27. The van der Waals surface area contributed by atoms with Gasteiger partial charge in [-0.2, -0.15) is 0 Å². The highest BCUT2D eigenvalue weighted by molar-refractivity contribution is 5.82. The second-order valence-electron chi connectivity index (χ2n) is 12.6. The molecule has 5 aliphatic rings. The summed E-state index contributed by atoms with van der Waals surface area (Å²) in [5.41, 5.74) is 4.45. The number of nitrogens with one attached hydrogen (secondary N) is 1. The van der Waals surface area contributed by atoms with Gasteiger partial charge in [-0.15, -0.1) is 0 Å². The van der Waals surface area contributed by atoms with Gasteiger partial charge in [-0.25, -0.2) is 0 Å². The summed E-state index contributed by atoms with van der Waals surface area (Å²) < 4.78 is 6.34. The Hall–Kier alpha value is -1.65. The zero-order valence-corrected chi connectivity index (χ0v) is 22.0. The van der Waals surface area contributed by atoms with Gasteiger partial charge < -0.3 is 15.2 Å². The Morgan fingerprint density at radius 1 is 1.00 bits per heavy atom. The van der Waals surface area contributed by atoms with E-state index < -0.39 is 0 Å². The Balaban J connectivity index is 1.08. The quantitative estimate of drug-likeness (QED) is 0.427. The van der Waals surface area contributed by atoms with Crippen LogP contribution < -0.4 is 10.1 Å². The lowest BCUT2D eigenvalue weighted by Gasteiger charge is -2.52. The van der Waals surface area contributed by atoms with Crippen molar-refractivity contribution in [2.45, 2.75) is 115 Å². The van der Waals surface area contributed by atoms with Crippen LogP contribution in [-0.4, -0.2) is 29.6 Å². The fraction of sp³-hybridized carbons (Fsp3) is 0.719. The molecule has 0 heterocycles. The van der Waals surface area contributed by atoms with Crippen molar-refractivity contribution in [3.05, 3.63) is 41.0 Å². The fourth-order valence-electron chi connectivity index (χ4n) is 8.98. The van der Waals surface area contributed by atoms with Crippen LogP contribution in [0.25, 0.3) is 0 Å². The molecule has 0 amide bonds. The number of ether oxygens (including phenoxy) is 1. The molecule has 1 aromatic rings. The highest BCUT2D eigenvalue weighted by atomic mass is 16.5. The van der Waals surface area contributed by atoms with Gasteiger partial charge in [0.1, 0.15) is 11.5 Å². The summed E-state index contributed by atoms with van der Waals surface area (Å²) in [5.74, 6) is 3.37. The van der Waals surface area contributed by atoms with Crippen molar-refractivity contribution in [2.75, 3.05) is 6.61 Å². The van der Waals surface area contributed by atoms with Gasteiger partial charge in [0, 0.05) is 30.8 Å². The van der Waals surface area contributed by atoms with Crippen molar-refractivity contribution in [3.63, 3.8) is 0 Å². The second-order valence-corrected chi connectivity index (χ2v) is 12.6. The standard InChI is InChI=1S/C32H45NO3/c34-25-10-12-27-23(20-25)9-11-29-28(27)15-16-32(30(29)13-14-31(32)35)17-18-36-26-8-4-5-22(19-26)21-33-24-6-2-1-3-7-24/h4-5,8,19,24,28-31,33,35H,1-3,6-7,9-18,20-21H2/t28?,29?,30?,31-,32+/m0/s1. The van der Waals surface area contributed by atoms with Gasteiger partial charge in [0.05, 0.1) is 12.7 Å². The predicted molar refractivity (Wildman–Crippen MR) is 143 cm³/mol. The van der Waals surface area contributed by atoms with E-state index in [1.54, 1.807) is 5.57 Å². The summed E-state index contributed by atoms with van der Waals surface area (Å²) in [4.78, 5) is 12.0. The Morgan fingerprint density at radius 2 is 1.89 bits per heavy atom. The first-order valence-corrected chi connectivity index (χ1v) is 15.0. The first-order valence-electron chi connectivity index (χ1n) is 15.0. The number of hydrogen-bond donors (Lipinski definition) is 2. The molecule has 0 aromatic heterocycles. The van der Waals surface area contributed by atoms with Gasteiger partial charge >= 0.3 is 0 Å². The number of carbonyl (C=O) groups excluding carboxylic acids is 1. The molecule has 3 fully saturated rings. The van der Waals surface area contributed by atoms with Gasteiger partial charge in [0.2, 0.25) is 0 Å². The molecule has 0 bridgehead atoms. The maximum Gasteiger partial charge on any atom is 0.137 e. The Labute approximate surface area is 217 Å². The van der Waals surface area contributed by atoms with Crippen LogP contribution in [0.3, 0.4) is 0 Å². The van der Waals surface area contributed by atoms with Gasteiger partial charge in [-0.05, 0) is 99.7 Å². The highest BCUT2D eigenvalue weighted by Gasteiger charge is 2.57. The zero-order valence-electron chi connectivity index (χ0n) is 22.0. The van der Waals surface area contributed by atoms with Crippen LogP contribution >= 0.6 is 0 Å². The maximum absolute atomic E-state index is 12.0. The van der Waals surface area contributed by atoms with E-state index in [9.17, 15) is 9.90 Å². The molecule has 5 atom stereocenters. The number of aliphatic hydroxyl groups is 1. The Bertz CT molecular complexity index is 979. The van der Waals surface area contributed by atoms with Gasteiger partial charge in [-0.1, -0.05) is 42.5 Å². The number of carbonyl (C=O) groups is 1. The third-order valence-electron chi connectivity index (χ3n) is 10.8. The lowest BCUT2D eigenvalue weighted by molar-refractivity contribution is -0.119. The van der Waals surface area contributed by atoms with Crippen LogP contribution in [0, 0.1) is 23.2 Å². The van der Waals surface area contributed by atoms with E-state index in [2.05, 4.69) is 29.6 Å². The molecule has 3 unspecified atom stereocenters. The lowest BCUT2D eigenvalue weighted by Crippen LogP contribution is -2.47. The van der Waals surface area contributed by atoms with E-state index in [0.717, 1.165) is 63.7 Å². The van der Waals surface area contributed by atoms with E-state index in [1.807, 2.05) is 0 Å². The molecule has 3 saturated carbocycles. The molecular weight excluding hydrogens is 446 g/mol. The minimum absolute atomic E-state index is 0.0177.